The number of rotatable bonds is 2. The fourth-order valence-electron chi connectivity index (χ4n) is 7.62. The SMILES string of the molecule is O=c1c2ccccc2sc2cc3oc4c(-n5c6ccccc6c6cc7oc8c(-c9ccccc9)cccc8c7cc65)cccc4c3cc12. The summed E-state index contributed by atoms with van der Waals surface area (Å²) < 4.78 is 17.6. The third-order valence-corrected chi connectivity index (χ3v) is 10.9. The molecule has 4 aromatic heterocycles. The van der Waals surface area contributed by atoms with E-state index in [1.807, 2.05) is 42.5 Å². The first-order valence-electron chi connectivity index (χ1n) is 16.0. The van der Waals surface area contributed by atoms with Gasteiger partial charge in [0.2, 0.25) is 0 Å². The van der Waals surface area contributed by atoms with Gasteiger partial charge in [-0.25, -0.2) is 0 Å². The maximum Gasteiger partial charge on any atom is 0.195 e. The van der Waals surface area contributed by atoms with Crippen LogP contribution in [-0.2, 0) is 0 Å². The molecule has 0 saturated heterocycles. The Morgan fingerprint density at radius 1 is 0.458 bits per heavy atom. The number of furan rings is 2. The van der Waals surface area contributed by atoms with Crippen LogP contribution in [0.1, 0.15) is 0 Å². The monoisotopic (exact) mass is 633 g/mol. The Balaban J connectivity index is 1.22. The highest BCUT2D eigenvalue weighted by molar-refractivity contribution is 7.24. The fraction of sp³-hybridized carbons (Fsp3) is 0. The van der Waals surface area contributed by atoms with E-state index < -0.39 is 0 Å². The Kier molecular flexibility index (Phi) is 5.11. The van der Waals surface area contributed by atoms with E-state index in [1.165, 1.54) is 0 Å². The predicted octanol–water partition coefficient (Wildman–Crippen LogP) is 12.0. The van der Waals surface area contributed by atoms with E-state index >= 15 is 0 Å². The van der Waals surface area contributed by atoms with Crippen molar-refractivity contribution in [2.24, 2.45) is 0 Å². The molecule has 11 rings (SSSR count). The molecule has 11 aromatic rings. The molecule has 4 nitrogen and oxygen atoms in total. The van der Waals surface area contributed by atoms with Crippen LogP contribution in [0.3, 0.4) is 0 Å². The van der Waals surface area contributed by atoms with Gasteiger partial charge in [-0.2, -0.15) is 0 Å². The van der Waals surface area contributed by atoms with Crippen molar-refractivity contribution in [3.05, 3.63) is 150 Å². The predicted molar refractivity (Wildman–Crippen MR) is 200 cm³/mol. The smallest absolute Gasteiger partial charge is 0.195 e. The van der Waals surface area contributed by atoms with Crippen LogP contribution in [0, 0.1) is 0 Å². The van der Waals surface area contributed by atoms with Crippen molar-refractivity contribution in [3.63, 3.8) is 0 Å². The molecule has 0 atom stereocenters. The van der Waals surface area contributed by atoms with Gasteiger partial charge in [-0.1, -0.05) is 91.0 Å². The van der Waals surface area contributed by atoms with Gasteiger partial charge in [-0.05, 0) is 54.1 Å². The molecule has 0 radical (unpaired) electrons. The molecule has 4 heterocycles. The first-order chi connectivity index (χ1) is 23.7. The van der Waals surface area contributed by atoms with E-state index in [4.69, 9.17) is 8.83 Å². The van der Waals surface area contributed by atoms with Crippen LogP contribution in [0.15, 0.2) is 153 Å². The Bertz CT molecular complexity index is 3200. The van der Waals surface area contributed by atoms with Crippen molar-refractivity contribution in [3.8, 4) is 16.8 Å². The van der Waals surface area contributed by atoms with Crippen molar-refractivity contribution >= 4 is 97.2 Å². The molecule has 7 aromatic carbocycles. The number of benzene rings is 7. The highest BCUT2D eigenvalue weighted by atomic mass is 32.1. The summed E-state index contributed by atoms with van der Waals surface area (Å²) in [7, 11) is 0. The highest BCUT2D eigenvalue weighted by Crippen LogP contribution is 2.43. The van der Waals surface area contributed by atoms with Crippen molar-refractivity contribution in [2.45, 2.75) is 0 Å². The number of hydrogen-bond donors (Lipinski definition) is 0. The van der Waals surface area contributed by atoms with Crippen molar-refractivity contribution in [1.29, 1.82) is 0 Å². The summed E-state index contributed by atoms with van der Waals surface area (Å²) >= 11 is 1.62. The highest BCUT2D eigenvalue weighted by Gasteiger charge is 2.21. The van der Waals surface area contributed by atoms with Gasteiger partial charge in [0.1, 0.15) is 16.7 Å². The molecule has 0 aliphatic carbocycles. The van der Waals surface area contributed by atoms with E-state index in [2.05, 4.69) is 102 Å². The molecule has 0 amide bonds. The minimum atomic E-state index is 0.0564. The second-order valence-corrected chi connectivity index (χ2v) is 13.5. The first kappa shape index (κ1) is 26.0. The molecule has 0 aliphatic rings. The standard InChI is InChI=1S/C43H23NO3S/c45-41-29-13-5-7-19-39(29)48-40-23-38-31(20-33(40)41)28-16-9-18-35(43(28)47-38)44-34-17-6-4-12-26(34)30-22-37-32(21-36(30)44)27-15-8-14-25(42(27)46-37)24-10-2-1-3-11-24/h1-23H. The van der Waals surface area contributed by atoms with Crippen LogP contribution < -0.4 is 5.43 Å². The van der Waals surface area contributed by atoms with E-state index in [-0.39, 0.29) is 5.43 Å². The third-order valence-electron chi connectivity index (χ3n) is 9.79. The number of nitrogens with zero attached hydrogens (tertiary/aromatic N) is 1. The number of para-hydroxylation sites is 3. The lowest BCUT2D eigenvalue weighted by molar-refractivity contribution is 0.667. The van der Waals surface area contributed by atoms with Gasteiger partial charge in [0.25, 0.3) is 0 Å². The van der Waals surface area contributed by atoms with Gasteiger partial charge in [-0.15, -0.1) is 11.3 Å². The summed E-state index contributed by atoms with van der Waals surface area (Å²) in [5, 5.41) is 7.80. The molecule has 5 heteroatoms. The fourth-order valence-corrected chi connectivity index (χ4v) is 8.70. The molecule has 0 aliphatic heterocycles. The number of fused-ring (bicyclic) bond motifs is 11. The lowest BCUT2D eigenvalue weighted by atomic mass is 10.0. The molecular weight excluding hydrogens is 611 g/mol. The van der Waals surface area contributed by atoms with Crippen LogP contribution >= 0.6 is 11.3 Å². The molecule has 0 N–H and O–H groups in total. The maximum absolute atomic E-state index is 13.6. The minimum Gasteiger partial charge on any atom is -0.455 e. The molecule has 0 spiro atoms. The summed E-state index contributed by atoms with van der Waals surface area (Å²) in [6, 6.07) is 47.9. The van der Waals surface area contributed by atoms with Gasteiger partial charge in [0, 0.05) is 58.1 Å². The maximum atomic E-state index is 13.6. The summed E-state index contributed by atoms with van der Waals surface area (Å²) in [5.74, 6) is 0. The van der Waals surface area contributed by atoms with E-state index in [0.717, 1.165) is 103 Å². The molecule has 48 heavy (non-hydrogen) atoms. The second kappa shape index (κ2) is 9.44. The zero-order valence-electron chi connectivity index (χ0n) is 25.4. The second-order valence-electron chi connectivity index (χ2n) is 12.4. The molecule has 0 saturated carbocycles. The molecule has 224 valence electrons. The molecule has 0 bridgehead atoms. The van der Waals surface area contributed by atoms with Gasteiger partial charge in [-0.3, -0.25) is 4.79 Å². The van der Waals surface area contributed by atoms with E-state index in [0.29, 0.717) is 0 Å². The van der Waals surface area contributed by atoms with Crippen molar-refractivity contribution < 1.29 is 8.83 Å². The topological polar surface area (TPSA) is 48.3 Å². The summed E-state index contributed by atoms with van der Waals surface area (Å²) in [6.45, 7) is 0. The quantitative estimate of drug-likeness (QED) is 0.178. The third kappa shape index (κ3) is 3.46. The lowest BCUT2D eigenvalue weighted by Crippen LogP contribution is -2.00. The zero-order chi connectivity index (χ0) is 31.5. The van der Waals surface area contributed by atoms with E-state index in [1.54, 1.807) is 11.3 Å². The Labute approximate surface area is 276 Å². The summed E-state index contributed by atoms with van der Waals surface area (Å²) in [4.78, 5) is 13.6. The molecular formula is C43H23NO3S. The van der Waals surface area contributed by atoms with Gasteiger partial charge < -0.3 is 13.4 Å². The summed E-state index contributed by atoms with van der Waals surface area (Å²) in [5.41, 5.74) is 8.69. The Hall–Kier alpha value is -6.17. The Morgan fingerprint density at radius 3 is 2.04 bits per heavy atom. The summed E-state index contributed by atoms with van der Waals surface area (Å²) in [6.07, 6.45) is 0. The van der Waals surface area contributed by atoms with Crippen molar-refractivity contribution in [2.75, 3.05) is 0 Å². The van der Waals surface area contributed by atoms with Gasteiger partial charge in [0.15, 0.2) is 11.0 Å². The lowest BCUT2D eigenvalue weighted by Gasteiger charge is -2.08. The first-order valence-corrected chi connectivity index (χ1v) is 16.8. The van der Waals surface area contributed by atoms with Crippen LogP contribution in [0.4, 0.5) is 0 Å². The number of hydrogen-bond acceptors (Lipinski definition) is 4. The van der Waals surface area contributed by atoms with Crippen LogP contribution in [-0.4, -0.2) is 4.57 Å². The van der Waals surface area contributed by atoms with Crippen LogP contribution in [0.5, 0.6) is 0 Å². The number of aromatic nitrogens is 1. The zero-order valence-corrected chi connectivity index (χ0v) is 26.2. The molecule has 0 unspecified atom stereocenters. The van der Waals surface area contributed by atoms with Gasteiger partial charge in [0.05, 0.1) is 16.7 Å². The average Bonchev–Trinajstić information content (AvgIpc) is 3.79. The Morgan fingerprint density at radius 2 is 1.15 bits per heavy atom. The minimum absolute atomic E-state index is 0.0564. The average molecular weight is 634 g/mol. The largest absolute Gasteiger partial charge is 0.455 e. The van der Waals surface area contributed by atoms with Crippen LogP contribution in [0.2, 0.25) is 0 Å². The normalized spacial score (nSPS) is 12.2. The van der Waals surface area contributed by atoms with Crippen LogP contribution in [0.25, 0.3) is 103 Å². The van der Waals surface area contributed by atoms with E-state index in [9.17, 15) is 4.79 Å². The molecule has 0 fully saturated rings. The van der Waals surface area contributed by atoms with Crippen molar-refractivity contribution in [1.82, 2.24) is 4.57 Å². The van der Waals surface area contributed by atoms with Gasteiger partial charge >= 0.3 is 0 Å².